The highest BCUT2D eigenvalue weighted by molar-refractivity contribution is 6.28. The highest BCUT2D eigenvalue weighted by atomic mass is 35.5. The lowest BCUT2D eigenvalue weighted by Gasteiger charge is -2.07. The van der Waals surface area contributed by atoms with E-state index in [0.717, 1.165) is 0 Å². The molecular weight excluding hydrogens is 255 g/mol. The minimum absolute atomic E-state index is 0.102. The van der Waals surface area contributed by atoms with E-state index in [0.29, 0.717) is 27.9 Å². The van der Waals surface area contributed by atoms with Crippen LogP contribution in [0.3, 0.4) is 0 Å². The van der Waals surface area contributed by atoms with Crippen molar-refractivity contribution in [3.63, 3.8) is 0 Å². The molecular formula is C12H8ClFN4. The number of H-pyrrole nitrogens is 1. The molecule has 0 radical (unpaired) electrons. The largest absolute Gasteiger partial charge is 0.261 e. The normalized spacial score (nSPS) is 11.1. The van der Waals surface area contributed by atoms with Crippen LogP contribution in [0.2, 0.25) is 5.28 Å². The summed E-state index contributed by atoms with van der Waals surface area (Å²) in [6.07, 6.45) is 1.60. The molecule has 0 saturated carbocycles. The number of benzene rings is 1. The summed E-state index contributed by atoms with van der Waals surface area (Å²) in [5.41, 5.74) is 2.32. The summed E-state index contributed by atoms with van der Waals surface area (Å²) in [5, 5.41) is 7.44. The van der Waals surface area contributed by atoms with E-state index in [1.165, 1.54) is 6.07 Å². The van der Waals surface area contributed by atoms with E-state index in [2.05, 4.69) is 20.2 Å². The number of nitrogens with zero attached hydrogens (tertiary/aromatic N) is 3. The van der Waals surface area contributed by atoms with Crippen molar-refractivity contribution in [3.05, 3.63) is 41.1 Å². The van der Waals surface area contributed by atoms with Crippen LogP contribution < -0.4 is 0 Å². The van der Waals surface area contributed by atoms with Gasteiger partial charge >= 0.3 is 0 Å². The summed E-state index contributed by atoms with van der Waals surface area (Å²) in [6, 6.07) is 4.84. The molecule has 6 heteroatoms. The Hall–Kier alpha value is -2.01. The zero-order valence-electron chi connectivity index (χ0n) is 9.41. The number of aromatic amines is 1. The highest BCUT2D eigenvalue weighted by Gasteiger charge is 2.13. The van der Waals surface area contributed by atoms with Crippen LogP contribution >= 0.6 is 11.6 Å². The highest BCUT2D eigenvalue weighted by Crippen LogP contribution is 2.29. The molecule has 0 fully saturated rings. The Morgan fingerprint density at radius 1 is 1.28 bits per heavy atom. The van der Waals surface area contributed by atoms with E-state index < -0.39 is 0 Å². The van der Waals surface area contributed by atoms with Gasteiger partial charge in [-0.1, -0.05) is 12.1 Å². The van der Waals surface area contributed by atoms with E-state index in [1.807, 2.05) is 0 Å². The summed E-state index contributed by atoms with van der Waals surface area (Å²) in [7, 11) is 0. The van der Waals surface area contributed by atoms with Gasteiger partial charge in [0, 0.05) is 5.56 Å². The maximum atomic E-state index is 13.6. The third-order valence-corrected chi connectivity index (χ3v) is 2.97. The van der Waals surface area contributed by atoms with E-state index >= 15 is 0 Å². The van der Waals surface area contributed by atoms with Gasteiger partial charge in [0.25, 0.3) is 0 Å². The van der Waals surface area contributed by atoms with Crippen molar-refractivity contribution in [2.75, 3.05) is 0 Å². The van der Waals surface area contributed by atoms with Gasteiger partial charge in [0.2, 0.25) is 5.28 Å². The first kappa shape index (κ1) is 11.1. The summed E-state index contributed by atoms with van der Waals surface area (Å²) < 4.78 is 13.6. The number of halogens is 2. The van der Waals surface area contributed by atoms with Gasteiger partial charge in [0.05, 0.1) is 17.3 Å². The molecule has 0 saturated heterocycles. The molecule has 1 N–H and O–H groups in total. The van der Waals surface area contributed by atoms with Gasteiger partial charge in [-0.05, 0) is 30.2 Å². The van der Waals surface area contributed by atoms with Gasteiger partial charge in [-0.25, -0.2) is 9.37 Å². The molecule has 0 atom stereocenters. The zero-order valence-corrected chi connectivity index (χ0v) is 10.2. The Morgan fingerprint density at radius 2 is 2.11 bits per heavy atom. The van der Waals surface area contributed by atoms with Crippen LogP contribution in [0.5, 0.6) is 0 Å². The molecule has 1 aromatic carbocycles. The first-order valence-electron chi connectivity index (χ1n) is 5.29. The number of rotatable bonds is 1. The summed E-state index contributed by atoms with van der Waals surface area (Å²) >= 11 is 5.86. The lowest BCUT2D eigenvalue weighted by atomic mass is 10.0. The molecule has 3 rings (SSSR count). The Bertz CT molecular complexity index is 738. The molecule has 18 heavy (non-hydrogen) atoms. The lowest BCUT2D eigenvalue weighted by Crippen LogP contribution is -1.93. The standard InChI is InChI=1S/C12H8ClFN4/c1-6-7(3-2-4-9(6)14)10-8-5-15-18-11(8)17-12(13)16-10/h2-5H,1H3,(H,15,16,17,18). The Labute approximate surface area is 107 Å². The van der Waals surface area contributed by atoms with Gasteiger partial charge in [-0.3, -0.25) is 5.10 Å². The number of hydrogen-bond donors (Lipinski definition) is 1. The topological polar surface area (TPSA) is 54.5 Å². The van der Waals surface area contributed by atoms with Gasteiger partial charge in [0.15, 0.2) is 5.65 Å². The zero-order chi connectivity index (χ0) is 12.7. The van der Waals surface area contributed by atoms with Crippen LogP contribution in [0.15, 0.2) is 24.4 Å². The maximum Gasteiger partial charge on any atom is 0.224 e. The molecule has 0 bridgehead atoms. The average molecular weight is 263 g/mol. The first-order chi connectivity index (χ1) is 8.66. The van der Waals surface area contributed by atoms with Crippen LogP contribution in [0.1, 0.15) is 5.56 Å². The molecule has 0 aliphatic heterocycles. The fraction of sp³-hybridized carbons (Fsp3) is 0.0833. The molecule has 2 heterocycles. The molecule has 90 valence electrons. The van der Waals surface area contributed by atoms with Crippen molar-refractivity contribution in [2.24, 2.45) is 0 Å². The van der Waals surface area contributed by atoms with Gasteiger partial charge < -0.3 is 0 Å². The van der Waals surface area contributed by atoms with E-state index in [1.54, 1.807) is 25.3 Å². The summed E-state index contributed by atoms with van der Waals surface area (Å²) in [4.78, 5) is 8.19. The molecule has 0 unspecified atom stereocenters. The number of aromatic nitrogens is 4. The summed E-state index contributed by atoms with van der Waals surface area (Å²) in [6.45, 7) is 1.70. The summed E-state index contributed by atoms with van der Waals surface area (Å²) in [5.74, 6) is -0.279. The third-order valence-electron chi connectivity index (χ3n) is 2.81. The molecule has 0 amide bonds. The predicted octanol–water partition coefficient (Wildman–Crippen LogP) is 3.12. The smallest absolute Gasteiger partial charge is 0.224 e. The van der Waals surface area contributed by atoms with Crippen molar-refractivity contribution in [2.45, 2.75) is 6.92 Å². The van der Waals surface area contributed by atoms with Crippen molar-refractivity contribution in [1.82, 2.24) is 20.2 Å². The van der Waals surface area contributed by atoms with Gasteiger partial charge in [0.1, 0.15) is 5.82 Å². The molecule has 2 aromatic heterocycles. The number of hydrogen-bond acceptors (Lipinski definition) is 3. The minimum Gasteiger partial charge on any atom is -0.261 e. The van der Waals surface area contributed by atoms with E-state index in [4.69, 9.17) is 11.6 Å². The molecule has 0 aliphatic rings. The van der Waals surface area contributed by atoms with E-state index in [-0.39, 0.29) is 11.1 Å². The minimum atomic E-state index is -0.279. The SMILES string of the molecule is Cc1c(F)cccc1-c1nc(Cl)nc2[nH]ncc12. The second-order valence-corrected chi connectivity index (χ2v) is 4.22. The van der Waals surface area contributed by atoms with Crippen molar-refractivity contribution >= 4 is 22.6 Å². The van der Waals surface area contributed by atoms with E-state index in [9.17, 15) is 4.39 Å². The number of fused-ring (bicyclic) bond motifs is 1. The van der Waals surface area contributed by atoms with Crippen molar-refractivity contribution < 1.29 is 4.39 Å². The first-order valence-corrected chi connectivity index (χ1v) is 5.66. The third kappa shape index (κ3) is 1.64. The van der Waals surface area contributed by atoms with Crippen molar-refractivity contribution in [3.8, 4) is 11.3 Å². The Kier molecular flexibility index (Phi) is 2.48. The Morgan fingerprint density at radius 3 is 2.94 bits per heavy atom. The van der Waals surface area contributed by atoms with Crippen LogP contribution in [0.25, 0.3) is 22.3 Å². The Balaban J connectivity index is 2.37. The maximum absolute atomic E-state index is 13.6. The fourth-order valence-corrected chi connectivity index (χ4v) is 2.05. The molecule has 0 aliphatic carbocycles. The molecule has 0 spiro atoms. The van der Waals surface area contributed by atoms with Gasteiger partial charge in [-0.2, -0.15) is 10.1 Å². The fourth-order valence-electron chi connectivity index (χ4n) is 1.88. The van der Waals surface area contributed by atoms with Crippen LogP contribution in [0.4, 0.5) is 4.39 Å². The van der Waals surface area contributed by atoms with Crippen LogP contribution in [0, 0.1) is 12.7 Å². The second-order valence-electron chi connectivity index (χ2n) is 3.89. The predicted molar refractivity (Wildman–Crippen MR) is 66.8 cm³/mol. The quantitative estimate of drug-likeness (QED) is 0.686. The van der Waals surface area contributed by atoms with Gasteiger partial charge in [-0.15, -0.1) is 0 Å². The molecule has 4 nitrogen and oxygen atoms in total. The molecule has 3 aromatic rings. The van der Waals surface area contributed by atoms with Crippen molar-refractivity contribution in [1.29, 1.82) is 0 Å². The monoisotopic (exact) mass is 262 g/mol. The number of nitrogens with one attached hydrogen (secondary N) is 1. The van der Waals surface area contributed by atoms with Crippen LogP contribution in [-0.2, 0) is 0 Å². The average Bonchev–Trinajstić information content (AvgIpc) is 2.79. The lowest BCUT2D eigenvalue weighted by molar-refractivity contribution is 0.619. The second kappa shape index (κ2) is 4.03. The van der Waals surface area contributed by atoms with Crippen LogP contribution in [-0.4, -0.2) is 20.2 Å².